The number of nitrogens with one attached hydrogen (secondary N) is 1. The smallest absolute Gasteiger partial charge is 0.262 e. The van der Waals surface area contributed by atoms with E-state index in [1.165, 1.54) is 31.0 Å². The Labute approximate surface area is 223 Å². The van der Waals surface area contributed by atoms with E-state index in [0.717, 1.165) is 22.6 Å². The third-order valence-corrected chi connectivity index (χ3v) is 7.41. The number of halogens is 1. The molecule has 0 bridgehead atoms. The van der Waals surface area contributed by atoms with E-state index in [1.54, 1.807) is 48.5 Å². The van der Waals surface area contributed by atoms with Crippen molar-refractivity contribution in [3.63, 3.8) is 0 Å². The molecular formula is C28H25FN4O4S. The van der Waals surface area contributed by atoms with Gasteiger partial charge in [-0.25, -0.2) is 9.40 Å². The van der Waals surface area contributed by atoms with Crippen LogP contribution in [0.5, 0.6) is 11.5 Å². The maximum absolute atomic E-state index is 13.6. The Kier molecular flexibility index (Phi) is 7.41. The topological polar surface area (TPSA) is 92.6 Å². The number of hydrogen-bond donors (Lipinski definition) is 1. The molecule has 8 nitrogen and oxygen atoms in total. The van der Waals surface area contributed by atoms with Crippen molar-refractivity contribution in [2.45, 2.75) is 24.1 Å². The number of ether oxygens (including phenoxy) is 2. The molecule has 2 aliphatic heterocycles. The Morgan fingerprint density at radius 2 is 1.79 bits per heavy atom. The molecule has 0 spiro atoms. The molecule has 0 radical (unpaired) electrons. The second-order valence-corrected chi connectivity index (χ2v) is 9.85. The minimum Gasteiger partial charge on any atom is -0.497 e. The molecule has 0 aliphatic carbocycles. The summed E-state index contributed by atoms with van der Waals surface area (Å²) in [5.74, 6) is 0.206. The van der Waals surface area contributed by atoms with E-state index in [4.69, 9.17) is 14.6 Å². The molecule has 10 heteroatoms. The number of anilines is 1. The summed E-state index contributed by atoms with van der Waals surface area (Å²) in [6, 6.07) is 20.6. The number of aliphatic imine (C=N–C) groups is 1. The maximum Gasteiger partial charge on any atom is 0.262 e. The lowest BCUT2D eigenvalue weighted by Crippen LogP contribution is -2.25. The van der Waals surface area contributed by atoms with E-state index in [1.807, 2.05) is 24.3 Å². The molecule has 0 unspecified atom stereocenters. The first kappa shape index (κ1) is 25.5. The molecule has 1 N–H and O–H groups in total. The summed E-state index contributed by atoms with van der Waals surface area (Å²) in [6.45, 7) is 0. The van der Waals surface area contributed by atoms with Gasteiger partial charge in [-0.3, -0.25) is 9.59 Å². The van der Waals surface area contributed by atoms with Crippen LogP contribution in [0.15, 0.2) is 82.9 Å². The van der Waals surface area contributed by atoms with Crippen molar-refractivity contribution >= 4 is 40.1 Å². The van der Waals surface area contributed by atoms with Crippen LogP contribution in [0.1, 0.15) is 30.0 Å². The number of thioether (sulfide) groups is 1. The number of carbonyl (C=O) groups excluding carboxylic acids is 2. The molecule has 2 amide bonds. The Balaban J connectivity index is 1.35. The van der Waals surface area contributed by atoms with Crippen LogP contribution >= 0.6 is 11.8 Å². The van der Waals surface area contributed by atoms with Gasteiger partial charge in [-0.1, -0.05) is 36.0 Å². The van der Waals surface area contributed by atoms with Crippen LogP contribution in [0.25, 0.3) is 0 Å². The Hall–Kier alpha value is -4.18. The summed E-state index contributed by atoms with van der Waals surface area (Å²) in [5.41, 5.74) is 3.08. The molecule has 5 rings (SSSR count). The third kappa shape index (κ3) is 5.40. The summed E-state index contributed by atoms with van der Waals surface area (Å²) in [7, 11) is 3.13. The molecule has 38 heavy (non-hydrogen) atoms. The number of rotatable bonds is 7. The zero-order chi connectivity index (χ0) is 26.6. The van der Waals surface area contributed by atoms with Crippen molar-refractivity contribution in [3.8, 4) is 11.5 Å². The minimum atomic E-state index is -0.686. The Bertz CT molecular complexity index is 1410. The van der Waals surface area contributed by atoms with E-state index < -0.39 is 11.2 Å². The molecule has 2 aliphatic rings. The van der Waals surface area contributed by atoms with Gasteiger partial charge in [0.15, 0.2) is 5.17 Å². The predicted molar refractivity (Wildman–Crippen MR) is 145 cm³/mol. The fourth-order valence-corrected chi connectivity index (χ4v) is 5.37. The summed E-state index contributed by atoms with van der Waals surface area (Å²) in [6.07, 6.45) is 0.476. The predicted octanol–water partition coefficient (Wildman–Crippen LogP) is 5.02. The molecule has 3 aromatic rings. The van der Waals surface area contributed by atoms with E-state index in [-0.39, 0.29) is 24.2 Å². The first-order chi connectivity index (χ1) is 18.4. The monoisotopic (exact) mass is 532 g/mol. The number of para-hydroxylation sites is 2. The molecule has 0 aromatic heterocycles. The molecular weight excluding hydrogens is 507 g/mol. The van der Waals surface area contributed by atoms with Gasteiger partial charge in [0, 0.05) is 12.8 Å². The molecule has 3 aromatic carbocycles. The average Bonchev–Trinajstić information content (AvgIpc) is 3.53. The lowest BCUT2D eigenvalue weighted by molar-refractivity contribution is -0.121. The highest BCUT2D eigenvalue weighted by atomic mass is 32.2. The third-order valence-electron chi connectivity index (χ3n) is 6.27. The molecule has 194 valence electrons. The van der Waals surface area contributed by atoms with Gasteiger partial charge in [-0.15, -0.1) is 0 Å². The summed E-state index contributed by atoms with van der Waals surface area (Å²) in [5, 5.41) is 9.03. The van der Waals surface area contributed by atoms with Crippen LogP contribution in [-0.2, 0) is 9.59 Å². The maximum atomic E-state index is 13.6. The number of benzene rings is 3. The van der Waals surface area contributed by atoms with Gasteiger partial charge in [-0.2, -0.15) is 10.1 Å². The second kappa shape index (κ2) is 11.1. The van der Waals surface area contributed by atoms with Crippen LogP contribution < -0.4 is 14.8 Å². The molecule has 2 heterocycles. The summed E-state index contributed by atoms with van der Waals surface area (Å²) < 4.78 is 24.2. The van der Waals surface area contributed by atoms with Gasteiger partial charge in [0.2, 0.25) is 5.91 Å². The quantitative estimate of drug-likeness (QED) is 0.459. The number of nitrogens with zero attached hydrogens (tertiary/aromatic N) is 3. The van der Waals surface area contributed by atoms with E-state index >= 15 is 0 Å². The SMILES string of the molecule is COc1ccc(C2=NN(C3=NC(=O)[C@@H](CC(=O)Nc4ccccc4OC)S3)[C@@H](c3ccc(F)cc3)C2)cc1. The summed E-state index contributed by atoms with van der Waals surface area (Å²) in [4.78, 5) is 29.8. The number of methoxy groups -OCH3 is 2. The van der Waals surface area contributed by atoms with Crippen LogP contribution in [0.4, 0.5) is 10.1 Å². The Morgan fingerprint density at radius 1 is 1.05 bits per heavy atom. The van der Waals surface area contributed by atoms with Gasteiger partial charge in [-0.05, 0) is 59.7 Å². The molecule has 2 atom stereocenters. The highest BCUT2D eigenvalue weighted by molar-refractivity contribution is 8.15. The van der Waals surface area contributed by atoms with Crippen LogP contribution in [0.3, 0.4) is 0 Å². The highest BCUT2D eigenvalue weighted by Gasteiger charge is 2.39. The van der Waals surface area contributed by atoms with E-state index in [2.05, 4.69) is 10.3 Å². The van der Waals surface area contributed by atoms with Gasteiger partial charge < -0.3 is 14.8 Å². The van der Waals surface area contributed by atoms with Crippen molar-refractivity contribution in [1.82, 2.24) is 5.01 Å². The molecule has 0 saturated heterocycles. The number of carbonyl (C=O) groups is 2. The summed E-state index contributed by atoms with van der Waals surface area (Å²) >= 11 is 1.20. The van der Waals surface area contributed by atoms with Gasteiger partial charge >= 0.3 is 0 Å². The van der Waals surface area contributed by atoms with Gasteiger partial charge in [0.25, 0.3) is 5.91 Å². The fourth-order valence-electron chi connectivity index (χ4n) is 4.31. The zero-order valence-corrected chi connectivity index (χ0v) is 21.6. The van der Waals surface area contributed by atoms with Crippen molar-refractivity contribution in [2.24, 2.45) is 10.1 Å². The largest absolute Gasteiger partial charge is 0.497 e. The lowest BCUT2D eigenvalue weighted by Gasteiger charge is -2.23. The zero-order valence-electron chi connectivity index (χ0n) is 20.8. The fraction of sp³-hybridized carbons (Fsp3) is 0.214. The highest BCUT2D eigenvalue weighted by Crippen LogP contribution is 2.39. The van der Waals surface area contributed by atoms with Gasteiger partial charge in [0.05, 0.1) is 31.7 Å². The number of hydrogen-bond acceptors (Lipinski definition) is 7. The second-order valence-electron chi connectivity index (χ2n) is 8.68. The van der Waals surface area contributed by atoms with Crippen molar-refractivity contribution in [1.29, 1.82) is 0 Å². The van der Waals surface area contributed by atoms with Crippen molar-refractivity contribution in [2.75, 3.05) is 19.5 Å². The van der Waals surface area contributed by atoms with Crippen LogP contribution in [0, 0.1) is 5.82 Å². The first-order valence-electron chi connectivity index (χ1n) is 11.9. The van der Waals surface area contributed by atoms with Gasteiger partial charge in [0.1, 0.15) is 22.6 Å². The number of amides is 2. The van der Waals surface area contributed by atoms with E-state index in [9.17, 15) is 14.0 Å². The van der Waals surface area contributed by atoms with Crippen LogP contribution in [-0.4, -0.2) is 47.2 Å². The standard InChI is InChI=1S/C28H25FN4O4S/c1-36-20-13-9-17(10-14-20)22-15-23(18-7-11-19(29)12-8-18)33(32-22)28-31-27(35)25(38-28)16-26(34)30-21-5-3-4-6-24(21)37-2/h3-14,23,25H,15-16H2,1-2H3,(H,30,34)/t23-,25-/m1/s1. The van der Waals surface area contributed by atoms with Crippen molar-refractivity contribution < 1.29 is 23.5 Å². The normalized spacial score (nSPS) is 18.7. The molecule has 0 saturated carbocycles. The average molecular weight is 533 g/mol. The first-order valence-corrected chi connectivity index (χ1v) is 12.8. The lowest BCUT2D eigenvalue weighted by atomic mass is 9.98. The van der Waals surface area contributed by atoms with E-state index in [0.29, 0.717) is 23.0 Å². The van der Waals surface area contributed by atoms with Crippen LogP contribution in [0.2, 0.25) is 0 Å². The molecule has 0 fully saturated rings. The number of amidine groups is 1. The van der Waals surface area contributed by atoms with Crippen molar-refractivity contribution in [3.05, 3.63) is 89.7 Å². The number of hydrazone groups is 1. The Morgan fingerprint density at radius 3 is 2.50 bits per heavy atom. The minimum absolute atomic E-state index is 0.0569.